The minimum Gasteiger partial charge on any atom is -0.396 e. The highest BCUT2D eigenvalue weighted by molar-refractivity contribution is 5.92. The third-order valence-corrected chi connectivity index (χ3v) is 6.09. The standard InChI is InChI=1S/C22H28N4O2/c1-2-26-12-19(10-23-26)11-24-13-20-14-25(16-22(20,15-24)17-27)21(28)9-8-18-6-4-3-5-7-18/h3-10,12,20,27H,2,11,13-17H2,1H3. The molecule has 6 nitrogen and oxygen atoms in total. The van der Waals surface area contributed by atoms with Gasteiger partial charge in [-0.05, 0) is 24.5 Å². The molecule has 1 aromatic heterocycles. The predicted molar refractivity (Wildman–Crippen MR) is 108 cm³/mol. The number of aryl methyl sites for hydroxylation is 1. The summed E-state index contributed by atoms with van der Waals surface area (Å²) in [6.07, 6.45) is 7.52. The van der Waals surface area contributed by atoms with Crippen molar-refractivity contribution in [1.82, 2.24) is 19.6 Å². The lowest BCUT2D eigenvalue weighted by Gasteiger charge is -2.27. The molecule has 1 amide bonds. The van der Waals surface area contributed by atoms with Gasteiger partial charge in [0.05, 0.1) is 12.8 Å². The molecular weight excluding hydrogens is 352 g/mol. The zero-order chi connectivity index (χ0) is 19.6. The summed E-state index contributed by atoms with van der Waals surface area (Å²) in [5.74, 6) is 0.342. The molecule has 148 valence electrons. The van der Waals surface area contributed by atoms with E-state index in [1.807, 2.05) is 52.2 Å². The molecule has 0 aliphatic carbocycles. The Morgan fingerprint density at radius 1 is 1.29 bits per heavy atom. The number of hydrogen-bond acceptors (Lipinski definition) is 4. The van der Waals surface area contributed by atoms with E-state index in [4.69, 9.17) is 0 Å². The minimum atomic E-state index is -0.211. The maximum Gasteiger partial charge on any atom is 0.246 e. The third-order valence-electron chi connectivity index (χ3n) is 6.09. The summed E-state index contributed by atoms with van der Waals surface area (Å²) >= 11 is 0. The van der Waals surface area contributed by atoms with Crippen LogP contribution in [0.25, 0.3) is 6.08 Å². The second kappa shape index (κ2) is 7.89. The zero-order valence-electron chi connectivity index (χ0n) is 16.4. The van der Waals surface area contributed by atoms with E-state index >= 15 is 0 Å². The lowest BCUT2D eigenvalue weighted by molar-refractivity contribution is -0.125. The first-order chi connectivity index (χ1) is 13.6. The predicted octanol–water partition coefficient (Wildman–Crippen LogP) is 1.87. The Hall–Kier alpha value is -2.44. The van der Waals surface area contributed by atoms with Crippen molar-refractivity contribution in [2.75, 3.05) is 32.8 Å². The molecule has 0 bridgehead atoms. The highest BCUT2D eigenvalue weighted by Crippen LogP contribution is 2.42. The summed E-state index contributed by atoms with van der Waals surface area (Å²) in [5, 5.41) is 14.5. The van der Waals surface area contributed by atoms with Crippen LogP contribution in [0, 0.1) is 11.3 Å². The molecule has 2 aliphatic heterocycles. The maximum absolute atomic E-state index is 12.6. The van der Waals surface area contributed by atoms with Crippen LogP contribution in [-0.2, 0) is 17.9 Å². The number of carbonyl (C=O) groups excluding carboxylic acids is 1. The van der Waals surface area contributed by atoms with E-state index in [-0.39, 0.29) is 17.9 Å². The van der Waals surface area contributed by atoms with Crippen molar-refractivity contribution in [2.24, 2.45) is 11.3 Å². The van der Waals surface area contributed by atoms with Crippen molar-refractivity contribution in [3.63, 3.8) is 0 Å². The van der Waals surface area contributed by atoms with Crippen LogP contribution in [0.3, 0.4) is 0 Å². The van der Waals surface area contributed by atoms with E-state index in [9.17, 15) is 9.90 Å². The van der Waals surface area contributed by atoms with E-state index in [0.29, 0.717) is 19.0 Å². The minimum absolute atomic E-state index is 0.0295. The fourth-order valence-corrected chi connectivity index (χ4v) is 4.56. The third kappa shape index (κ3) is 3.75. The normalized spacial score (nSPS) is 24.9. The number of nitrogens with zero attached hydrogens (tertiary/aromatic N) is 4. The van der Waals surface area contributed by atoms with Crippen LogP contribution in [0.1, 0.15) is 18.1 Å². The molecule has 1 N–H and O–H groups in total. The van der Waals surface area contributed by atoms with Gasteiger partial charge in [-0.1, -0.05) is 30.3 Å². The molecule has 0 saturated carbocycles. The zero-order valence-corrected chi connectivity index (χ0v) is 16.4. The summed E-state index contributed by atoms with van der Waals surface area (Å²) in [5.41, 5.74) is 2.01. The summed E-state index contributed by atoms with van der Waals surface area (Å²) < 4.78 is 1.94. The number of hydrogen-bond donors (Lipinski definition) is 1. The lowest BCUT2D eigenvalue weighted by atomic mass is 9.82. The van der Waals surface area contributed by atoms with Crippen LogP contribution in [0.15, 0.2) is 48.8 Å². The van der Waals surface area contributed by atoms with E-state index in [1.165, 1.54) is 5.56 Å². The smallest absolute Gasteiger partial charge is 0.246 e. The lowest BCUT2D eigenvalue weighted by Crippen LogP contribution is -2.38. The van der Waals surface area contributed by atoms with Crippen molar-refractivity contribution in [2.45, 2.75) is 20.0 Å². The molecule has 6 heteroatoms. The number of rotatable bonds is 6. The van der Waals surface area contributed by atoms with Gasteiger partial charge in [-0.25, -0.2) is 0 Å². The first-order valence-electron chi connectivity index (χ1n) is 9.98. The van der Waals surface area contributed by atoms with Gasteiger partial charge in [-0.15, -0.1) is 0 Å². The highest BCUT2D eigenvalue weighted by Gasteiger charge is 2.52. The van der Waals surface area contributed by atoms with Crippen molar-refractivity contribution >= 4 is 12.0 Å². The first kappa shape index (κ1) is 18.9. The van der Waals surface area contributed by atoms with Crippen LogP contribution in [0.4, 0.5) is 0 Å². The molecule has 2 aromatic rings. The molecule has 3 heterocycles. The van der Waals surface area contributed by atoms with Gasteiger partial charge >= 0.3 is 0 Å². The molecule has 0 spiro atoms. The Bertz CT molecular complexity index is 847. The van der Waals surface area contributed by atoms with E-state index < -0.39 is 0 Å². The highest BCUT2D eigenvalue weighted by atomic mass is 16.3. The summed E-state index contributed by atoms with van der Waals surface area (Å²) in [7, 11) is 0. The average Bonchev–Trinajstić information content (AvgIpc) is 3.39. The Balaban J connectivity index is 1.38. The number of benzene rings is 1. The molecule has 2 aliphatic rings. The van der Waals surface area contributed by atoms with Gasteiger partial charge < -0.3 is 10.0 Å². The number of aliphatic hydroxyl groups is 1. The Labute approximate surface area is 166 Å². The van der Waals surface area contributed by atoms with Crippen LogP contribution in [-0.4, -0.2) is 63.4 Å². The molecule has 4 rings (SSSR count). The molecule has 0 radical (unpaired) electrons. The molecule has 28 heavy (non-hydrogen) atoms. The van der Waals surface area contributed by atoms with Gasteiger partial charge in [0.2, 0.25) is 5.91 Å². The monoisotopic (exact) mass is 380 g/mol. The molecule has 2 saturated heterocycles. The number of likely N-dealkylation sites (tertiary alicyclic amines) is 2. The number of carbonyl (C=O) groups is 1. The van der Waals surface area contributed by atoms with Crippen molar-refractivity contribution in [1.29, 1.82) is 0 Å². The summed E-state index contributed by atoms with van der Waals surface area (Å²) in [6, 6.07) is 9.85. The largest absolute Gasteiger partial charge is 0.396 e. The first-order valence-corrected chi connectivity index (χ1v) is 9.98. The van der Waals surface area contributed by atoms with Crippen LogP contribution in [0.2, 0.25) is 0 Å². The van der Waals surface area contributed by atoms with Crippen LogP contribution >= 0.6 is 0 Å². The second-order valence-electron chi connectivity index (χ2n) is 8.05. The van der Waals surface area contributed by atoms with Crippen molar-refractivity contribution in [3.05, 3.63) is 59.9 Å². The van der Waals surface area contributed by atoms with E-state index in [0.717, 1.165) is 31.7 Å². The van der Waals surface area contributed by atoms with Gasteiger partial charge in [0.15, 0.2) is 0 Å². The van der Waals surface area contributed by atoms with Gasteiger partial charge in [0.25, 0.3) is 0 Å². The Morgan fingerprint density at radius 3 is 2.79 bits per heavy atom. The second-order valence-corrected chi connectivity index (χ2v) is 8.05. The number of aromatic nitrogens is 2. The summed E-state index contributed by atoms with van der Waals surface area (Å²) in [6.45, 7) is 6.98. The Kier molecular flexibility index (Phi) is 5.33. The molecule has 2 unspecified atom stereocenters. The fourth-order valence-electron chi connectivity index (χ4n) is 4.56. The molecule has 2 fully saturated rings. The quantitative estimate of drug-likeness (QED) is 0.778. The van der Waals surface area contributed by atoms with Gasteiger partial charge in [0, 0.05) is 62.5 Å². The van der Waals surface area contributed by atoms with E-state index in [1.54, 1.807) is 6.08 Å². The number of aliphatic hydroxyl groups excluding tert-OH is 1. The van der Waals surface area contributed by atoms with Gasteiger partial charge in [-0.3, -0.25) is 14.4 Å². The number of fused-ring (bicyclic) bond motifs is 1. The summed E-state index contributed by atoms with van der Waals surface area (Å²) in [4.78, 5) is 16.9. The molecule has 2 atom stereocenters. The Morgan fingerprint density at radius 2 is 2.11 bits per heavy atom. The van der Waals surface area contributed by atoms with Crippen molar-refractivity contribution in [3.8, 4) is 0 Å². The average molecular weight is 380 g/mol. The topological polar surface area (TPSA) is 61.6 Å². The van der Waals surface area contributed by atoms with E-state index in [2.05, 4.69) is 23.1 Å². The van der Waals surface area contributed by atoms with Gasteiger partial charge in [-0.2, -0.15) is 5.10 Å². The maximum atomic E-state index is 12.6. The fraction of sp³-hybridized carbons (Fsp3) is 0.455. The van der Waals surface area contributed by atoms with Crippen LogP contribution < -0.4 is 0 Å². The molecular formula is C22H28N4O2. The SMILES string of the molecule is CCn1cc(CN2CC3CN(C(=O)C=Cc4ccccc4)CC3(CO)C2)cn1. The number of amides is 1. The van der Waals surface area contributed by atoms with Crippen LogP contribution in [0.5, 0.6) is 0 Å². The molecule has 1 aromatic carbocycles. The van der Waals surface area contributed by atoms with Crippen molar-refractivity contribution < 1.29 is 9.90 Å². The van der Waals surface area contributed by atoms with Gasteiger partial charge in [0.1, 0.15) is 0 Å².